The number of ketones is 1. The molecule has 172 valence electrons. The van der Waals surface area contributed by atoms with Crippen LogP contribution in [0.2, 0.25) is 0 Å². The van der Waals surface area contributed by atoms with E-state index >= 15 is 0 Å². The summed E-state index contributed by atoms with van der Waals surface area (Å²) in [5, 5.41) is 0. The van der Waals surface area contributed by atoms with Crippen molar-refractivity contribution in [2.75, 3.05) is 39.5 Å². The highest BCUT2D eigenvalue weighted by Gasteiger charge is 2.32. The topological polar surface area (TPSA) is 38.8 Å². The third kappa shape index (κ3) is 5.70. The number of morpholine rings is 1. The molecule has 1 fully saturated rings. The molecule has 1 atom stereocenters. The fraction of sp³-hybridized carbons (Fsp3) is 0.345. The normalized spacial score (nSPS) is 16.2. The van der Waals surface area contributed by atoms with Crippen LogP contribution in [0.5, 0.6) is 5.75 Å². The smallest absolute Gasteiger partial charge is 0.164 e. The number of benzene rings is 3. The molecule has 0 spiro atoms. The predicted octanol–water partition coefficient (Wildman–Crippen LogP) is 5.29. The lowest BCUT2D eigenvalue weighted by Crippen LogP contribution is -2.38. The minimum absolute atomic E-state index is 0.144. The zero-order valence-electron chi connectivity index (χ0n) is 19.6. The van der Waals surface area contributed by atoms with Crippen molar-refractivity contribution in [3.63, 3.8) is 0 Å². The van der Waals surface area contributed by atoms with Gasteiger partial charge in [0.15, 0.2) is 5.78 Å². The molecule has 0 saturated carbocycles. The van der Waals surface area contributed by atoms with Gasteiger partial charge in [0.1, 0.15) is 12.4 Å². The number of hydrogen-bond acceptors (Lipinski definition) is 4. The molecule has 4 nitrogen and oxygen atoms in total. The summed E-state index contributed by atoms with van der Waals surface area (Å²) < 4.78 is 11.5. The maximum atomic E-state index is 13.2. The van der Waals surface area contributed by atoms with E-state index < -0.39 is 5.41 Å². The summed E-state index contributed by atoms with van der Waals surface area (Å²) in [6.45, 7) is 9.33. The van der Waals surface area contributed by atoms with Crippen LogP contribution >= 0.6 is 0 Å². The van der Waals surface area contributed by atoms with Crippen LogP contribution in [0.4, 0.5) is 0 Å². The van der Waals surface area contributed by atoms with E-state index in [9.17, 15) is 4.79 Å². The number of ether oxygens (including phenoxy) is 2. The van der Waals surface area contributed by atoms with Crippen molar-refractivity contribution >= 4 is 5.78 Å². The number of rotatable bonds is 9. The zero-order valence-corrected chi connectivity index (χ0v) is 19.6. The predicted molar refractivity (Wildman–Crippen MR) is 132 cm³/mol. The first kappa shape index (κ1) is 23.2. The second kappa shape index (κ2) is 10.8. The molecule has 3 aromatic carbocycles. The quantitative estimate of drug-likeness (QED) is 0.422. The van der Waals surface area contributed by atoms with Crippen molar-refractivity contribution in [1.82, 2.24) is 4.90 Å². The van der Waals surface area contributed by atoms with Gasteiger partial charge < -0.3 is 9.47 Å². The van der Waals surface area contributed by atoms with E-state index in [-0.39, 0.29) is 5.78 Å². The highest BCUT2D eigenvalue weighted by molar-refractivity contribution is 5.97. The van der Waals surface area contributed by atoms with Crippen LogP contribution in [-0.2, 0) is 10.2 Å². The van der Waals surface area contributed by atoms with E-state index in [0.29, 0.717) is 13.0 Å². The summed E-state index contributed by atoms with van der Waals surface area (Å²) in [6.07, 6.45) is 0.400. The van der Waals surface area contributed by atoms with E-state index in [1.165, 1.54) is 0 Å². The minimum atomic E-state index is -0.439. The van der Waals surface area contributed by atoms with Gasteiger partial charge in [-0.1, -0.05) is 79.7 Å². The third-order valence-corrected chi connectivity index (χ3v) is 6.60. The van der Waals surface area contributed by atoms with Crippen LogP contribution in [-0.4, -0.2) is 50.1 Å². The fourth-order valence-electron chi connectivity index (χ4n) is 4.49. The molecule has 1 heterocycles. The summed E-state index contributed by atoms with van der Waals surface area (Å²) >= 11 is 0. The molecular formula is C29H33NO3. The third-order valence-electron chi connectivity index (χ3n) is 6.60. The van der Waals surface area contributed by atoms with E-state index in [1.54, 1.807) is 0 Å². The van der Waals surface area contributed by atoms with Gasteiger partial charge in [-0.2, -0.15) is 0 Å². The second-order valence-electron chi connectivity index (χ2n) is 8.95. The first-order valence-electron chi connectivity index (χ1n) is 11.7. The lowest BCUT2D eigenvalue weighted by Gasteiger charge is -2.31. The van der Waals surface area contributed by atoms with Gasteiger partial charge in [-0.3, -0.25) is 9.69 Å². The molecule has 33 heavy (non-hydrogen) atoms. The number of aryl methyl sites for hydroxylation is 1. The number of Topliss-reactive ketones (excluding diaryl/α,β-unsaturated/α-hetero) is 1. The maximum absolute atomic E-state index is 13.2. The largest absolute Gasteiger partial charge is 0.492 e. The van der Waals surface area contributed by atoms with Gasteiger partial charge in [-0.15, -0.1) is 0 Å². The van der Waals surface area contributed by atoms with Gasteiger partial charge in [-0.05, 0) is 29.7 Å². The average molecular weight is 444 g/mol. The Morgan fingerprint density at radius 1 is 0.939 bits per heavy atom. The number of nitrogens with zero attached hydrogens (tertiary/aromatic N) is 1. The molecule has 1 unspecified atom stereocenters. The van der Waals surface area contributed by atoms with Gasteiger partial charge in [0.25, 0.3) is 0 Å². The highest BCUT2D eigenvalue weighted by atomic mass is 16.5. The van der Waals surface area contributed by atoms with E-state index in [4.69, 9.17) is 9.47 Å². The zero-order chi connectivity index (χ0) is 23.1. The molecule has 3 aromatic rings. The van der Waals surface area contributed by atoms with E-state index in [1.807, 2.05) is 48.5 Å². The molecular weight excluding hydrogens is 410 g/mol. The molecule has 4 heteroatoms. The molecule has 1 saturated heterocycles. The molecule has 0 aromatic heterocycles. The van der Waals surface area contributed by atoms with Crippen LogP contribution in [0.3, 0.4) is 0 Å². The summed E-state index contributed by atoms with van der Waals surface area (Å²) in [4.78, 5) is 15.6. The first-order valence-corrected chi connectivity index (χ1v) is 11.7. The monoisotopic (exact) mass is 443 g/mol. The van der Waals surface area contributed by atoms with Crippen molar-refractivity contribution in [2.24, 2.45) is 0 Å². The molecule has 0 aliphatic carbocycles. The molecule has 0 N–H and O–H groups in total. The van der Waals surface area contributed by atoms with Crippen LogP contribution in [0.25, 0.3) is 0 Å². The Hall–Kier alpha value is -2.95. The Balaban J connectivity index is 1.54. The van der Waals surface area contributed by atoms with Gasteiger partial charge in [-0.25, -0.2) is 0 Å². The van der Waals surface area contributed by atoms with Crippen molar-refractivity contribution in [2.45, 2.75) is 25.7 Å². The van der Waals surface area contributed by atoms with Gasteiger partial charge in [0.2, 0.25) is 0 Å². The van der Waals surface area contributed by atoms with Crippen LogP contribution in [0, 0.1) is 6.92 Å². The molecule has 0 radical (unpaired) electrons. The van der Waals surface area contributed by atoms with Crippen molar-refractivity contribution < 1.29 is 14.3 Å². The minimum Gasteiger partial charge on any atom is -0.492 e. The maximum Gasteiger partial charge on any atom is 0.164 e. The molecule has 1 aliphatic rings. The lowest BCUT2D eigenvalue weighted by molar-refractivity contribution is 0.0322. The number of carbonyl (C=O) groups excluding carboxylic acids is 1. The number of hydrogen-bond donors (Lipinski definition) is 0. The van der Waals surface area contributed by atoms with Crippen molar-refractivity contribution in [3.8, 4) is 5.75 Å². The summed E-state index contributed by atoms with van der Waals surface area (Å²) in [5.74, 6) is 1.04. The van der Waals surface area contributed by atoms with Gasteiger partial charge in [0, 0.05) is 37.0 Å². The Morgan fingerprint density at radius 3 is 2.27 bits per heavy atom. The summed E-state index contributed by atoms with van der Waals surface area (Å²) in [6, 6.07) is 26.2. The lowest BCUT2D eigenvalue weighted by atomic mass is 9.72. The molecule has 4 rings (SSSR count). The standard InChI is InChI=1S/C29H33NO3/c1-23-21-26(13-14-28(23)33-20-17-30-15-18-32-19-16-30)29(2,25-11-7-4-8-12-25)22-27(31)24-9-5-3-6-10-24/h3-14,21H,15-20,22H2,1-2H3. The van der Waals surface area contributed by atoms with Crippen LogP contribution in [0.15, 0.2) is 78.9 Å². The molecule has 0 amide bonds. The van der Waals surface area contributed by atoms with E-state index in [0.717, 1.165) is 60.9 Å². The SMILES string of the molecule is Cc1cc(C(C)(CC(=O)c2ccccc2)c2ccccc2)ccc1OCCN1CCOCC1. The van der Waals surface area contributed by atoms with Crippen LogP contribution in [0.1, 0.15) is 40.4 Å². The second-order valence-corrected chi connectivity index (χ2v) is 8.95. The Labute approximate surface area is 197 Å². The summed E-state index contributed by atoms with van der Waals surface area (Å²) in [7, 11) is 0. The van der Waals surface area contributed by atoms with Gasteiger partial charge in [0.05, 0.1) is 13.2 Å². The van der Waals surface area contributed by atoms with E-state index in [2.05, 4.69) is 49.1 Å². The highest BCUT2D eigenvalue weighted by Crippen LogP contribution is 2.38. The number of carbonyl (C=O) groups is 1. The Kier molecular flexibility index (Phi) is 7.58. The van der Waals surface area contributed by atoms with Crippen molar-refractivity contribution in [3.05, 3.63) is 101 Å². The summed E-state index contributed by atoms with van der Waals surface area (Å²) in [5.41, 5.74) is 3.65. The molecule has 0 bridgehead atoms. The first-order chi connectivity index (χ1) is 16.1. The van der Waals surface area contributed by atoms with Crippen LogP contribution < -0.4 is 4.74 Å². The fourth-order valence-corrected chi connectivity index (χ4v) is 4.49. The Bertz CT molecular complexity index is 1040. The van der Waals surface area contributed by atoms with Gasteiger partial charge >= 0.3 is 0 Å². The Morgan fingerprint density at radius 2 is 1.61 bits per heavy atom. The average Bonchev–Trinajstić information content (AvgIpc) is 2.86. The van der Waals surface area contributed by atoms with Crippen molar-refractivity contribution in [1.29, 1.82) is 0 Å². The molecule has 1 aliphatic heterocycles.